The Morgan fingerprint density at radius 1 is 1.45 bits per heavy atom. The predicted molar refractivity (Wildman–Crippen MR) is 53.8 cm³/mol. The third kappa shape index (κ3) is 2.12. The fourth-order valence-electron chi connectivity index (χ4n) is 1.02. The number of thioether (sulfide) groups is 1. The second kappa shape index (κ2) is 4.24. The highest BCUT2D eigenvalue weighted by Gasteiger charge is 1.94. The van der Waals surface area contributed by atoms with Crippen LogP contribution in [0.4, 0.5) is 0 Å². The smallest absolute Gasteiger partial charge is 0.0187 e. The van der Waals surface area contributed by atoms with E-state index in [1.165, 1.54) is 11.1 Å². The Bertz CT molecular complexity index is 240. The van der Waals surface area contributed by atoms with Crippen molar-refractivity contribution >= 4 is 17.8 Å². The number of hydrogen-bond donors (Lipinski definition) is 0. The van der Waals surface area contributed by atoms with Gasteiger partial charge in [0.05, 0.1) is 0 Å². The summed E-state index contributed by atoms with van der Waals surface area (Å²) in [5, 5.41) is 0. The molecule has 0 aliphatic rings. The van der Waals surface area contributed by atoms with Crippen LogP contribution < -0.4 is 0 Å². The first-order valence-electron chi connectivity index (χ1n) is 3.57. The molecule has 0 unspecified atom stereocenters. The normalized spacial score (nSPS) is 9.55. The van der Waals surface area contributed by atoms with Crippen LogP contribution in [0.5, 0.6) is 0 Å². The quantitative estimate of drug-likeness (QED) is 0.661. The molecule has 0 radical (unpaired) electrons. The van der Waals surface area contributed by atoms with Gasteiger partial charge >= 0.3 is 0 Å². The standard InChI is InChI=1S/C10H12S/c1-3-9-6-4-5-7-10(9)8-11-2/h3-7H,1,8H2,2H3. The maximum Gasteiger partial charge on any atom is 0.0187 e. The molecule has 0 N–H and O–H groups in total. The van der Waals surface area contributed by atoms with E-state index in [4.69, 9.17) is 0 Å². The molecule has 0 spiro atoms. The van der Waals surface area contributed by atoms with Crippen molar-refractivity contribution in [3.63, 3.8) is 0 Å². The third-order valence-electron chi connectivity index (χ3n) is 1.57. The summed E-state index contributed by atoms with van der Waals surface area (Å²) in [6, 6.07) is 8.35. The average molecular weight is 164 g/mol. The van der Waals surface area contributed by atoms with Gasteiger partial charge in [-0.25, -0.2) is 0 Å². The van der Waals surface area contributed by atoms with Gasteiger partial charge in [-0.2, -0.15) is 11.8 Å². The maximum absolute atomic E-state index is 3.76. The van der Waals surface area contributed by atoms with Crippen LogP contribution in [0.15, 0.2) is 30.8 Å². The molecule has 0 saturated heterocycles. The van der Waals surface area contributed by atoms with E-state index in [2.05, 4.69) is 31.0 Å². The number of hydrogen-bond acceptors (Lipinski definition) is 1. The summed E-state index contributed by atoms with van der Waals surface area (Å²) in [6.45, 7) is 3.76. The average Bonchev–Trinajstić information content (AvgIpc) is 2.06. The van der Waals surface area contributed by atoms with Crippen LogP contribution in [0.3, 0.4) is 0 Å². The van der Waals surface area contributed by atoms with Gasteiger partial charge in [0.2, 0.25) is 0 Å². The molecule has 0 aliphatic heterocycles. The molecule has 58 valence electrons. The van der Waals surface area contributed by atoms with Gasteiger partial charge in [0.1, 0.15) is 0 Å². The van der Waals surface area contributed by atoms with E-state index in [0.717, 1.165) is 5.75 Å². The molecule has 0 fully saturated rings. The molecule has 0 saturated carbocycles. The molecule has 11 heavy (non-hydrogen) atoms. The largest absolute Gasteiger partial charge is 0.161 e. The Morgan fingerprint density at radius 3 is 2.82 bits per heavy atom. The topological polar surface area (TPSA) is 0 Å². The molecule has 0 nitrogen and oxygen atoms in total. The monoisotopic (exact) mass is 164 g/mol. The minimum absolute atomic E-state index is 1.07. The third-order valence-corrected chi connectivity index (χ3v) is 2.17. The zero-order valence-corrected chi connectivity index (χ0v) is 7.53. The van der Waals surface area contributed by atoms with E-state index in [0.29, 0.717) is 0 Å². The van der Waals surface area contributed by atoms with Crippen molar-refractivity contribution in [3.8, 4) is 0 Å². The van der Waals surface area contributed by atoms with Crippen LogP contribution in [0.1, 0.15) is 11.1 Å². The lowest BCUT2D eigenvalue weighted by Crippen LogP contribution is -1.83. The molecular weight excluding hydrogens is 152 g/mol. The number of benzene rings is 1. The molecule has 0 heterocycles. The minimum atomic E-state index is 1.07. The van der Waals surface area contributed by atoms with E-state index >= 15 is 0 Å². The van der Waals surface area contributed by atoms with E-state index in [9.17, 15) is 0 Å². The van der Waals surface area contributed by atoms with Crippen molar-refractivity contribution in [2.75, 3.05) is 6.26 Å². The minimum Gasteiger partial charge on any atom is -0.161 e. The molecular formula is C10H12S. The van der Waals surface area contributed by atoms with Crippen molar-refractivity contribution in [2.24, 2.45) is 0 Å². The molecule has 1 rings (SSSR count). The summed E-state index contributed by atoms with van der Waals surface area (Å²) < 4.78 is 0. The SMILES string of the molecule is C=Cc1ccccc1CSC. The Morgan fingerprint density at radius 2 is 2.18 bits per heavy atom. The molecule has 0 atom stereocenters. The first kappa shape index (κ1) is 8.41. The summed E-state index contributed by atoms with van der Waals surface area (Å²) in [4.78, 5) is 0. The lowest BCUT2D eigenvalue weighted by atomic mass is 10.1. The predicted octanol–water partition coefficient (Wildman–Crippen LogP) is 3.19. The second-order valence-electron chi connectivity index (χ2n) is 2.34. The first-order valence-corrected chi connectivity index (χ1v) is 4.97. The second-order valence-corrected chi connectivity index (χ2v) is 3.20. The van der Waals surface area contributed by atoms with Gasteiger partial charge in [0.25, 0.3) is 0 Å². The molecule has 1 aromatic carbocycles. The number of rotatable bonds is 3. The summed E-state index contributed by atoms with van der Waals surface area (Å²) in [6.07, 6.45) is 4.02. The molecule has 1 aromatic rings. The van der Waals surface area contributed by atoms with Crippen LogP contribution in [0, 0.1) is 0 Å². The Balaban J connectivity index is 2.92. The maximum atomic E-state index is 3.76. The van der Waals surface area contributed by atoms with Crippen molar-refractivity contribution in [1.82, 2.24) is 0 Å². The van der Waals surface area contributed by atoms with Gasteiger partial charge in [0, 0.05) is 5.75 Å². The van der Waals surface area contributed by atoms with Gasteiger partial charge < -0.3 is 0 Å². The van der Waals surface area contributed by atoms with Crippen LogP contribution in [0.25, 0.3) is 6.08 Å². The van der Waals surface area contributed by atoms with Crippen molar-refractivity contribution < 1.29 is 0 Å². The zero-order chi connectivity index (χ0) is 8.10. The summed E-state index contributed by atoms with van der Waals surface area (Å²) in [5.74, 6) is 1.07. The fraction of sp³-hybridized carbons (Fsp3) is 0.200. The molecule has 1 heteroatoms. The van der Waals surface area contributed by atoms with Gasteiger partial charge in [-0.15, -0.1) is 0 Å². The Hall–Kier alpha value is -0.690. The highest BCUT2D eigenvalue weighted by Crippen LogP contribution is 2.15. The fourth-order valence-corrected chi connectivity index (χ4v) is 1.59. The van der Waals surface area contributed by atoms with E-state index in [1.54, 1.807) is 0 Å². The van der Waals surface area contributed by atoms with E-state index in [1.807, 2.05) is 23.9 Å². The van der Waals surface area contributed by atoms with Gasteiger partial charge in [-0.1, -0.05) is 36.9 Å². The molecule has 0 aliphatic carbocycles. The molecule has 0 amide bonds. The van der Waals surface area contributed by atoms with E-state index < -0.39 is 0 Å². The lowest BCUT2D eigenvalue weighted by Gasteiger charge is -2.01. The summed E-state index contributed by atoms with van der Waals surface area (Å²) >= 11 is 1.84. The summed E-state index contributed by atoms with van der Waals surface area (Å²) in [7, 11) is 0. The van der Waals surface area contributed by atoms with Gasteiger partial charge in [-0.3, -0.25) is 0 Å². The van der Waals surface area contributed by atoms with Crippen molar-refractivity contribution in [3.05, 3.63) is 42.0 Å². The van der Waals surface area contributed by atoms with Gasteiger partial charge in [0.15, 0.2) is 0 Å². The highest BCUT2D eigenvalue weighted by atomic mass is 32.2. The van der Waals surface area contributed by atoms with Crippen LogP contribution in [-0.4, -0.2) is 6.26 Å². The zero-order valence-electron chi connectivity index (χ0n) is 6.71. The first-order chi connectivity index (χ1) is 5.38. The lowest BCUT2D eigenvalue weighted by molar-refractivity contribution is 1.40. The van der Waals surface area contributed by atoms with Gasteiger partial charge in [-0.05, 0) is 17.4 Å². The van der Waals surface area contributed by atoms with Crippen molar-refractivity contribution in [2.45, 2.75) is 5.75 Å². The molecule has 0 aromatic heterocycles. The highest BCUT2D eigenvalue weighted by molar-refractivity contribution is 7.97. The van der Waals surface area contributed by atoms with Crippen LogP contribution >= 0.6 is 11.8 Å². The van der Waals surface area contributed by atoms with Crippen LogP contribution in [-0.2, 0) is 5.75 Å². The van der Waals surface area contributed by atoms with Crippen LogP contribution in [0.2, 0.25) is 0 Å². The summed E-state index contributed by atoms with van der Waals surface area (Å²) in [5.41, 5.74) is 2.62. The van der Waals surface area contributed by atoms with E-state index in [-0.39, 0.29) is 0 Å². The Labute approximate surface area is 72.3 Å². The van der Waals surface area contributed by atoms with Crippen molar-refractivity contribution in [1.29, 1.82) is 0 Å². The molecule has 0 bridgehead atoms. The Kier molecular flexibility index (Phi) is 3.24.